The van der Waals surface area contributed by atoms with E-state index in [0.717, 1.165) is 18.8 Å². The van der Waals surface area contributed by atoms with Crippen molar-refractivity contribution in [3.8, 4) is 0 Å². The molecule has 0 aromatic carbocycles. The van der Waals surface area contributed by atoms with Crippen molar-refractivity contribution < 1.29 is 9.90 Å². The summed E-state index contributed by atoms with van der Waals surface area (Å²) in [4.78, 5) is 14.3. The molecule has 0 spiro atoms. The van der Waals surface area contributed by atoms with Crippen LogP contribution in [0.4, 0.5) is 0 Å². The van der Waals surface area contributed by atoms with Gasteiger partial charge in [-0.2, -0.15) is 0 Å². The summed E-state index contributed by atoms with van der Waals surface area (Å²) >= 11 is 0. The van der Waals surface area contributed by atoms with Crippen LogP contribution < -0.4 is 0 Å². The van der Waals surface area contributed by atoms with Gasteiger partial charge in [-0.1, -0.05) is 33.6 Å². The maximum atomic E-state index is 11.8. The van der Waals surface area contributed by atoms with Crippen LogP contribution in [-0.4, -0.2) is 34.1 Å². The Labute approximate surface area is 129 Å². The van der Waals surface area contributed by atoms with E-state index in [1.54, 1.807) is 0 Å². The molecular weight excluding hydrogens is 262 g/mol. The Balaban J connectivity index is 1.87. The number of carboxylic acids is 1. The first kappa shape index (κ1) is 15.3. The van der Waals surface area contributed by atoms with E-state index in [9.17, 15) is 9.90 Å². The molecule has 0 radical (unpaired) electrons. The number of carboxylic acid groups (broad SMARTS) is 1. The SMILES string of the molecule is CC1CC(C)(C)CC1N1C(C(=O)O)CCC2CCCCC21. The highest BCUT2D eigenvalue weighted by molar-refractivity contribution is 5.73. The number of carbonyl (C=O) groups is 1. The fourth-order valence-electron chi connectivity index (χ4n) is 5.66. The van der Waals surface area contributed by atoms with E-state index in [4.69, 9.17) is 0 Å². The zero-order valence-electron chi connectivity index (χ0n) is 13.8. The minimum atomic E-state index is -0.587. The van der Waals surface area contributed by atoms with E-state index in [1.165, 1.54) is 38.5 Å². The molecule has 3 fully saturated rings. The fourth-order valence-corrected chi connectivity index (χ4v) is 5.66. The van der Waals surface area contributed by atoms with Crippen molar-refractivity contribution in [3.63, 3.8) is 0 Å². The second-order valence-electron chi connectivity index (χ2n) is 8.61. The van der Waals surface area contributed by atoms with E-state index >= 15 is 0 Å². The highest BCUT2D eigenvalue weighted by Crippen LogP contribution is 2.48. The van der Waals surface area contributed by atoms with Gasteiger partial charge < -0.3 is 5.11 Å². The summed E-state index contributed by atoms with van der Waals surface area (Å²) in [5, 5.41) is 9.73. The van der Waals surface area contributed by atoms with Crippen LogP contribution in [0, 0.1) is 17.3 Å². The van der Waals surface area contributed by atoms with Gasteiger partial charge in [0.2, 0.25) is 0 Å². The van der Waals surface area contributed by atoms with Gasteiger partial charge in [0.05, 0.1) is 0 Å². The smallest absolute Gasteiger partial charge is 0.320 e. The van der Waals surface area contributed by atoms with E-state index in [0.29, 0.717) is 23.4 Å². The molecule has 3 nitrogen and oxygen atoms in total. The lowest BCUT2D eigenvalue weighted by atomic mass is 9.75. The average molecular weight is 293 g/mol. The first-order chi connectivity index (χ1) is 9.89. The van der Waals surface area contributed by atoms with Crippen LogP contribution in [0.2, 0.25) is 0 Å². The molecule has 0 aromatic heterocycles. The Morgan fingerprint density at radius 2 is 1.76 bits per heavy atom. The first-order valence-electron chi connectivity index (χ1n) is 8.89. The Morgan fingerprint density at radius 3 is 2.38 bits per heavy atom. The molecule has 120 valence electrons. The average Bonchev–Trinajstić information content (AvgIpc) is 2.70. The van der Waals surface area contributed by atoms with Gasteiger partial charge in [0.1, 0.15) is 6.04 Å². The van der Waals surface area contributed by atoms with Crippen LogP contribution in [0.15, 0.2) is 0 Å². The number of aliphatic carboxylic acids is 1. The largest absolute Gasteiger partial charge is 0.480 e. The molecule has 3 rings (SSSR count). The maximum absolute atomic E-state index is 11.8. The third-order valence-electron chi connectivity index (χ3n) is 6.38. The van der Waals surface area contributed by atoms with Crippen LogP contribution in [0.25, 0.3) is 0 Å². The van der Waals surface area contributed by atoms with Crippen LogP contribution in [0.5, 0.6) is 0 Å². The zero-order chi connectivity index (χ0) is 15.2. The quantitative estimate of drug-likeness (QED) is 0.839. The molecule has 2 aliphatic carbocycles. The predicted octanol–water partition coefficient (Wildman–Crippen LogP) is 3.92. The van der Waals surface area contributed by atoms with E-state index in [2.05, 4.69) is 25.7 Å². The Morgan fingerprint density at radius 1 is 1.05 bits per heavy atom. The van der Waals surface area contributed by atoms with Gasteiger partial charge in [0.25, 0.3) is 0 Å². The monoisotopic (exact) mass is 293 g/mol. The number of rotatable bonds is 2. The third kappa shape index (κ3) is 2.86. The van der Waals surface area contributed by atoms with Crippen LogP contribution in [0.3, 0.4) is 0 Å². The fraction of sp³-hybridized carbons (Fsp3) is 0.944. The molecule has 1 N–H and O–H groups in total. The second-order valence-corrected chi connectivity index (χ2v) is 8.61. The lowest BCUT2D eigenvalue weighted by Gasteiger charge is -2.51. The second kappa shape index (κ2) is 5.57. The number of nitrogens with zero attached hydrogens (tertiary/aromatic N) is 1. The van der Waals surface area contributed by atoms with Crippen molar-refractivity contribution in [2.75, 3.05) is 0 Å². The van der Waals surface area contributed by atoms with E-state index < -0.39 is 5.97 Å². The standard InChI is InChI=1S/C18H31NO2/c1-12-10-18(2,3)11-16(12)19-14-7-5-4-6-13(14)8-9-15(19)17(20)21/h12-16H,4-11H2,1-3H3,(H,20,21). The molecule has 0 aromatic rings. The number of likely N-dealkylation sites (tertiary alicyclic amines) is 1. The van der Waals surface area contributed by atoms with Crippen molar-refractivity contribution in [2.45, 2.75) is 90.3 Å². The summed E-state index contributed by atoms with van der Waals surface area (Å²) in [5.74, 6) is 0.795. The molecule has 1 saturated heterocycles. The summed E-state index contributed by atoms with van der Waals surface area (Å²) in [6.45, 7) is 7.04. The summed E-state index contributed by atoms with van der Waals surface area (Å²) < 4.78 is 0. The van der Waals surface area contributed by atoms with Crippen LogP contribution in [-0.2, 0) is 4.79 Å². The Kier molecular flexibility index (Phi) is 4.06. The van der Waals surface area contributed by atoms with Gasteiger partial charge in [-0.3, -0.25) is 9.69 Å². The molecule has 21 heavy (non-hydrogen) atoms. The highest BCUT2D eigenvalue weighted by Gasteiger charge is 2.49. The molecular formula is C18H31NO2. The highest BCUT2D eigenvalue weighted by atomic mass is 16.4. The van der Waals surface area contributed by atoms with Gasteiger partial charge in [0, 0.05) is 12.1 Å². The predicted molar refractivity (Wildman–Crippen MR) is 84.2 cm³/mol. The van der Waals surface area contributed by atoms with Crippen molar-refractivity contribution in [2.24, 2.45) is 17.3 Å². The summed E-state index contributed by atoms with van der Waals surface area (Å²) in [5.41, 5.74) is 0.370. The normalized spacial score (nSPS) is 43.5. The van der Waals surface area contributed by atoms with Crippen LogP contribution >= 0.6 is 0 Å². The lowest BCUT2D eigenvalue weighted by Crippen LogP contribution is -2.59. The molecule has 1 aliphatic heterocycles. The number of fused-ring (bicyclic) bond motifs is 1. The molecule has 0 amide bonds. The molecule has 3 heteroatoms. The maximum Gasteiger partial charge on any atom is 0.320 e. The molecule has 3 aliphatic rings. The van der Waals surface area contributed by atoms with Gasteiger partial charge >= 0.3 is 5.97 Å². The van der Waals surface area contributed by atoms with Gasteiger partial charge in [-0.15, -0.1) is 0 Å². The van der Waals surface area contributed by atoms with E-state index in [1.807, 2.05) is 0 Å². The first-order valence-corrected chi connectivity index (χ1v) is 8.89. The number of hydrogen-bond acceptors (Lipinski definition) is 2. The third-order valence-corrected chi connectivity index (χ3v) is 6.38. The Hall–Kier alpha value is -0.570. The molecule has 5 unspecified atom stereocenters. The summed E-state index contributed by atoms with van der Waals surface area (Å²) in [6, 6.07) is 0.785. The molecule has 1 heterocycles. The number of piperidine rings is 1. The minimum Gasteiger partial charge on any atom is -0.480 e. The van der Waals surface area contributed by atoms with Crippen molar-refractivity contribution >= 4 is 5.97 Å². The van der Waals surface area contributed by atoms with Crippen molar-refractivity contribution in [1.82, 2.24) is 4.90 Å². The Bertz CT molecular complexity index is 406. The summed E-state index contributed by atoms with van der Waals surface area (Å²) in [6.07, 6.45) is 9.56. The van der Waals surface area contributed by atoms with Crippen molar-refractivity contribution in [1.29, 1.82) is 0 Å². The van der Waals surface area contributed by atoms with Gasteiger partial charge in [0.15, 0.2) is 0 Å². The van der Waals surface area contributed by atoms with Crippen molar-refractivity contribution in [3.05, 3.63) is 0 Å². The minimum absolute atomic E-state index is 0.231. The molecule has 5 atom stereocenters. The van der Waals surface area contributed by atoms with Crippen LogP contribution in [0.1, 0.15) is 72.1 Å². The van der Waals surface area contributed by atoms with E-state index in [-0.39, 0.29) is 6.04 Å². The summed E-state index contributed by atoms with van der Waals surface area (Å²) in [7, 11) is 0. The zero-order valence-corrected chi connectivity index (χ0v) is 13.8. The number of hydrogen-bond donors (Lipinski definition) is 1. The molecule has 0 bridgehead atoms. The van der Waals surface area contributed by atoms with Gasteiger partial charge in [-0.05, 0) is 55.8 Å². The lowest BCUT2D eigenvalue weighted by molar-refractivity contribution is -0.151. The molecule has 2 saturated carbocycles. The van der Waals surface area contributed by atoms with Gasteiger partial charge in [-0.25, -0.2) is 0 Å². The topological polar surface area (TPSA) is 40.5 Å².